The number of nitrogens with one attached hydrogen (secondary N) is 1. The van der Waals surface area contributed by atoms with Crippen molar-refractivity contribution in [3.8, 4) is 11.1 Å². The fraction of sp³-hybridized carbons (Fsp3) is 0.235. The molecule has 0 saturated heterocycles. The van der Waals surface area contributed by atoms with Gasteiger partial charge in [0, 0.05) is 6.92 Å². The topological polar surface area (TPSA) is 29.1 Å². The second-order valence-corrected chi connectivity index (χ2v) is 4.86. The first-order valence-corrected chi connectivity index (χ1v) is 6.51. The Bertz CT molecular complexity index is 572. The first kappa shape index (κ1) is 13.3. The van der Waals surface area contributed by atoms with Crippen molar-refractivity contribution in [3.05, 3.63) is 59.7 Å². The Hall–Kier alpha value is -2.09. The lowest BCUT2D eigenvalue weighted by Gasteiger charge is -2.14. The molecule has 2 heteroatoms. The molecule has 0 aliphatic heterocycles. The zero-order valence-corrected chi connectivity index (χ0v) is 11.6. The molecule has 0 bridgehead atoms. The smallest absolute Gasteiger partial charge is 0.217 e. The van der Waals surface area contributed by atoms with E-state index in [0.29, 0.717) is 0 Å². The average Bonchev–Trinajstić information content (AvgIpc) is 2.39. The summed E-state index contributed by atoms with van der Waals surface area (Å²) in [4.78, 5) is 11.0. The third-order valence-corrected chi connectivity index (χ3v) is 3.29. The summed E-state index contributed by atoms with van der Waals surface area (Å²) in [7, 11) is 0. The van der Waals surface area contributed by atoms with Gasteiger partial charge in [-0.25, -0.2) is 0 Å². The van der Waals surface area contributed by atoms with Gasteiger partial charge in [-0.05, 0) is 36.1 Å². The van der Waals surface area contributed by atoms with E-state index in [2.05, 4.69) is 54.7 Å². The minimum absolute atomic E-state index is 0.00418. The second kappa shape index (κ2) is 5.70. The predicted molar refractivity (Wildman–Crippen MR) is 78.8 cm³/mol. The fourth-order valence-corrected chi connectivity index (χ4v) is 2.24. The van der Waals surface area contributed by atoms with Crippen LogP contribution in [-0.4, -0.2) is 5.91 Å². The largest absolute Gasteiger partial charge is 0.350 e. The van der Waals surface area contributed by atoms with Crippen molar-refractivity contribution in [2.45, 2.75) is 26.8 Å². The zero-order valence-electron chi connectivity index (χ0n) is 11.6. The number of carbonyl (C=O) groups excluding carboxylic acids is 1. The molecule has 2 nitrogen and oxygen atoms in total. The van der Waals surface area contributed by atoms with E-state index in [1.165, 1.54) is 23.6 Å². The maximum Gasteiger partial charge on any atom is 0.217 e. The molecule has 0 aliphatic carbocycles. The third kappa shape index (κ3) is 3.22. The van der Waals surface area contributed by atoms with Crippen LogP contribution in [0, 0.1) is 6.92 Å². The SMILES string of the molecule is CC(=O)N[C@@H](C)c1ccc(-c2ccccc2C)cc1. The summed E-state index contributed by atoms with van der Waals surface area (Å²) in [6.07, 6.45) is 0. The minimum Gasteiger partial charge on any atom is -0.350 e. The molecule has 19 heavy (non-hydrogen) atoms. The van der Waals surface area contributed by atoms with Crippen LogP contribution < -0.4 is 5.32 Å². The van der Waals surface area contributed by atoms with E-state index in [4.69, 9.17) is 0 Å². The van der Waals surface area contributed by atoms with Crippen LogP contribution in [0.2, 0.25) is 0 Å². The van der Waals surface area contributed by atoms with Crippen LogP contribution in [0.3, 0.4) is 0 Å². The first-order valence-electron chi connectivity index (χ1n) is 6.51. The van der Waals surface area contributed by atoms with Crippen LogP contribution in [0.1, 0.15) is 31.0 Å². The molecule has 0 aromatic heterocycles. The van der Waals surface area contributed by atoms with Gasteiger partial charge in [0.15, 0.2) is 0 Å². The van der Waals surface area contributed by atoms with Crippen molar-refractivity contribution >= 4 is 5.91 Å². The van der Waals surface area contributed by atoms with E-state index in [-0.39, 0.29) is 11.9 Å². The lowest BCUT2D eigenvalue weighted by molar-refractivity contribution is -0.119. The molecule has 0 radical (unpaired) electrons. The highest BCUT2D eigenvalue weighted by atomic mass is 16.1. The van der Waals surface area contributed by atoms with E-state index in [1.54, 1.807) is 0 Å². The number of carbonyl (C=O) groups is 1. The minimum atomic E-state index is -0.00418. The van der Waals surface area contributed by atoms with E-state index >= 15 is 0 Å². The van der Waals surface area contributed by atoms with Gasteiger partial charge in [-0.2, -0.15) is 0 Å². The lowest BCUT2D eigenvalue weighted by Crippen LogP contribution is -2.23. The van der Waals surface area contributed by atoms with Crippen molar-refractivity contribution < 1.29 is 4.79 Å². The summed E-state index contributed by atoms with van der Waals surface area (Å²) >= 11 is 0. The van der Waals surface area contributed by atoms with Crippen molar-refractivity contribution in [3.63, 3.8) is 0 Å². The summed E-state index contributed by atoms with van der Waals surface area (Å²) in [5.74, 6) is -0.00418. The molecule has 0 heterocycles. The van der Waals surface area contributed by atoms with Crippen molar-refractivity contribution in [1.29, 1.82) is 0 Å². The highest BCUT2D eigenvalue weighted by Crippen LogP contribution is 2.24. The predicted octanol–water partition coefficient (Wildman–Crippen LogP) is 3.86. The van der Waals surface area contributed by atoms with Gasteiger partial charge in [-0.15, -0.1) is 0 Å². The average molecular weight is 253 g/mol. The van der Waals surface area contributed by atoms with Gasteiger partial charge in [0.25, 0.3) is 0 Å². The molecule has 1 amide bonds. The van der Waals surface area contributed by atoms with Crippen LogP contribution in [0.5, 0.6) is 0 Å². The van der Waals surface area contributed by atoms with Crippen molar-refractivity contribution in [2.24, 2.45) is 0 Å². The van der Waals surface area contributed by atoms with E-state index < -0.39 is 0 Å². The van der Waals surface area contributed by atoms with Gasteiger partial charge >= 0.3 is 0 Å². The summed E-state index contributed by atoms with van der Waals surface area (Å²) < 4.78 is 0. The van der Waals surface area contributed by atoms with Gasteiger partial charge in [0.1, 0.15) is 0 Å². The number of hydrogen-bond acceptors (Lipinski definition) is 1. The number of aryl methyl sites for hydroxylation is 1. The maximum absolute atomic E-state index is 11.0. The number of benzene rings is 2. The monoisotopic (exact) mass is 253 g/mol. The number of rotatable bonds is 3. The summed E-state index contributed by atoms with van der Waals surface area (Å²) in [5, 5.41) is 2.89. The maximum atomic E-state index is 11.0. The van der Waals surface area contributed by atoms with Crippen LogP contribution in [0.15, 0.2) is 48.5 Å². The van der Waals surface area contributed by atoms with Crippen LogP contribution in [0.25, 0.3) is 11.1 Å². The molecule has 0 spiro atoms. The highest BCUT2D eigenvalue weighted by Gasteiger charge is 2.07. The Morgan fingerprint density at radius 2 is 1.68 bits per heavy atom. The number of hydrogen-bond donors (Lipinski definition) is 1. The van der Waals surface area contributed by atoms with E-state index in [0.717, 1.165) is 5.56 Å². The molecule has 1 N–H and O–H groups in total. The van der Waals surface area contributed by atoms with Crippen molar-refractivity contribution in [2.75, 3.05) is 0 Å². The Morgan fingerprint density at radius 1 is 1.05 bits per heavy atom. The molecular formula is C17H19NO. The van der Waals surface area contributed by atoms with E-state index in [1.807, 2.05) is 13.0 Å². The summed E-state index contributed by atoms with van der Waals surface area (Å²) in [5.41, 5.74) is 4.84. The molecule has 1 atom stereocenters. The molecule has 0 unspecified atom stereocenters. The zero-order chi connectivity index (χ0) is 13.8. The first-order chi connectivity index (χ1) is 9.08. The van der Waals surface area contributed by atoms with Gasteiger partial charge in [-0.3, -0.25) is 4.79 Å². The Kier molecular flexibility index (Phi) is 4.00. The second-order valence-electron chi connectivity index (χ2n) is 4.86. The summed E-state index contributed by atoms with van der Waals surface area (Å²) in [6, 6.07) is 16.7. The Morgan fingerprint density at radius 3 is 2.26 bits per heavy atom. The van der Waals surface area contributed by atoms with Crippen LogP contribution in [-0.2, 0) is 4.79 Å². The van der Waals surface area contributed by atoms with Gasteiger partial charge in [-0.1, -0.05) is 48.5 Å². The molecule has 2 aromatic rings. The van der Waals surface area contributed by atoms with Gasteiger partial charge in [0.2, 0.25) is 5.91 Å². The van der Waals surface area contributed by atoms with E-state index in [9.17, 15) is 4.79 Å². The lowest BCUT2D eigenvalue weighted by atomic mass is 9.98. The molecule has 0 saturated carbocycles. The van der Waals surface area contributed by atoms with Crippen LogP contribution in [0.4, 0.5) is 0 Å². The third-order valence-electron chi connectivity index (χ3n) is 3.29. The summed E-state index contributed by atoms with van der Waals surface area (Å²) in [6.45, 7) is 5.64. The quantitative estimate of drug-likeness (QED) is 0.884. The van der Waals surface area contributed by atoms with Gasteiger partial charge < -0.3 is 5.32 Å². The van der Waals surface area contributed by atoms with Crippen LogP contribution >= 0.6 is 0 Å². The molecule has 98 valence electrons. The molecule has 2 aromatic carbocycles. The molecule has 0 fully saturated rings. The standard InChI is InChI=1S/C17H19NO/c1-12-6-4-5-7-17(12)16-10-8-15(9-11-16)13(2)18-14(3)19/h4-11,13H,1-3H3,(H,18,19)/t13-/m0/s1. The molecule has 0 aliphatic rings. The Labute approximate surface area is 114 Å². The van der Waals surface area contributed by atoms with Crippen molar-refractivity contribution in [1.82, 2.24) is 5.32 Å². The molecular weight excluding hydrogens is 234 g/mol. The Balaban J connectivity index is 2.24. The fourth-order valence-electron chi connectivity index (χ4n) is 2.24. The molecule has 2 rings (SSSR count). The van der Waals surface area contributed by atoms with Gasteiger partial charge in [0.05, 0.1) is 6.04 Å². The number of amides is 1. The highest BCUT2D eigenvalue weighted by molar-refractivity contribution is 5.73. The normalized spacial score (nSPS) is 11.9.